The molecule has 0 radical (unpaired) electrons. The van der Waals surface area contributed by atoms with Crippen molar-refractivity contribution in [1.29, 1.82) is 0 Å². The van der Waals surface area contributed by atoms with E-state index in [0.717, 1.165) is 29.5 Å². The summed E-state index contributed by atoms with van der Waals surface area (Å²) in [4.78, 5) is 15.7. The summed E-state index contributed by atoms with van der Waals surface area (Å²) in [7, 11) is 0. The minimum atomic E-state index is -4.52. The van der Waals surface area contributed by atoms with Gasteiger partial charge in [0.15, 0.2) is 0 Å². The molecule has 0 saturated carbocycles. The van der Waals surface area contributed by atoms with E-state index in [1.807, 2.05) is 6.92 Å². The quantitative estimate of drug-likeness (QED) is 0.918. The van der Waals surface area contributed by atoms with Crippen molar-refractivity contribution in [3.8, 4) is 0 Å². The molecular weight excluding hydrogens is 293 g/mol. The van der Waals surface area contributed by atoms with Crippen LogP contribution in [0.4, 0.5) is 18.9 Å². The molecule has 0 unspecified atom stereocenters. The molecule has 0 aliphatic carbocycles. The van der Waals surface area contributed by atoms with Crippen molar-refractivity contribution in [3.63, 3.8) is 0 Å². The number of carbonyl (C=O) groups is 1. The highest BCUT2D eigenvalue weighted by Crippen LogP contribution is 2.29. The van der Waals surface area contributed by atoms with Crippen LogP contribution in [0.1, 0.15) is 27.2 Å². The highest BCUT2D eigenvalue weighted by molar-refractivity contribution is 6.03. The third kappa shape index (κ3) is 3.52. The maximum atomic E-state index is 12.6. The Bertz CT molecular complexity index is 724. The SMILES string of the molecule is C=Cc1cc(NC(=O)c2cc(C(F)(F)F)ccn2)ccc1C. The lowest BCUT2D eigenvalue weighted by Crippen LogP contribution is -2.15. The number of halogens is 3. The van der Waals surface area contributed by atoms with Crippen LogP contribution in [0.3, 0.4) is 0 Å². The van der Waals surface area contributed by atoms with Crippen LogP contribution in [0.25, 0.3) is 6.08 Å². The largest absolute Gasteiger partial charge is 0.416 e. The van der Waals surface area contributed by atoms with E-state index in [-0.39, 0.29) is 5.69 Å². The second-order valence-corrected chi connectivity index (χ2v) is 4.66. The normalized spacial score (nSPS) is 11.1. The van der Waals surface area contributed by atoms with E-state index in [2.05, 4.69) is 16.9 Å². The van der Waals surface area contributed by atoms with Crippen molar-refractivity contribution in [2.75, 3.05) is 5.32 Å². The summed E-state index contributed by atoms with van der Waals surface area (Å²) in [5.41, 5.74) is 1.06. The number of hydrogen-bond acceptors (Lipinski definition) is 2. The number of anilines is 1. The fourth-order valence-electron chi connectivity index (χ4n) is 1.86. The van der Waals surface area contributed by atoms with Crippen LogP contribution in [-0.4, -0.2) is 10.9 Å². The highest BCUT2D eigenvalue weighted by atomic mass is 19.4. The monoisotopic (exact) mass is 306 g/mol. The molecule has 6 heteroatoms. The number of hydrogen-bond donors (Lipinski definition) is 1. The van der Waals surface area contributed by atoms with E-state index in [4.69, 9.17) is 0 Å². The molecule has 1 heterocycles. The van der Waals surface area contributed by atoms with Gasteiger partial charge in [-0.05, 0) is 42.3 Å². The lowest BCUT2D eigenvalue weighted by molar-refractivity contribution is -0.137. The summed E-state index contributed by atoms with van der Waals surface area (Å²) in [6.07, 6.45) is -1.92. The average Bonchev–Trinajstić information content (AvgIpc) is 2.48. The van der Waals surface area contributed by atoms with Crippen molar-refractivity contribution >= 4 is 17.7 Å². The summed E-state index contributed by atoms with van der Waals surface area (Å²) in [6, 6.07) is 6.67. The molecule has 22 heavy (non-hydrogen) atoms. The molecule has 0 atom stereocenters. The lowest BCUT2D eigenvalue weighted by atomic mass is 10.1. The number of nitrogens with one attached hydrogen (secondary N) is 1. The Morgan fingerprint density at radius 3 is 2.64 bits per heavy atom. The summed E-state index contributed by atoms with van der Waals surface area (Å²) >= 11 is 0. The van der Waals surface area contributed by atoms with Gasteiger partial charge < -0.3 is 5.32 Å². The number of aromatic nitrogens is 1. The van der Waals surface area contributed by atoms with Gasteiger partial charge in [0.1, 0.15) is 5.69 Å². The third-order valence-electron chi connectivity index (χ3n) is 3.08. The fourth-order valence-corrected chi connectivity index (χ4v) is 1.86. The van der Waals surface area contributed by atoms with Crippen LogP contribution in [-0.2, 0) is 6.18 Å². The van der Waals surface area contributed by atoms with Gasteiger partial charge in [-0.3, -0.25) is 9.78 Å². The molecule has 1 N–H and O–H groups in total. The summed E-state index contributed by atoms with van der Waals surface area (Å²) in [5.74, 6) is -0.704. The first-order valence-corrected chi connectivity index (χ1v) is 6.39. The zero-order valence-corrected chi connectivity index (χ0v) is 11.7. The fraction of sp³-hybridized carbons (Fsp3) is 0.125. The van der Waals surface area contributed by atoms with Crippen molar-refractivity contribution in [3.05, 3.63) is 65.5 Å². The molecule has 114 valence electrons. The molecule has 2 aromatic rings. The minimum Gasteiger partial charge on any atom is -0.321 e. The predicted molar refractivity (Wildman–Crippen MR) is 78.5 cm³/mol. The van der Waals surface area contributed by atoms with Gasteiger partial charge in [-0.15, -0.1) is 0 Å². The molecule has 3 nitrogen and oxygen atoms in total. The number of carbonyl (C=O) groups excluding carboxylic acids is 1. The van der Waals surface area contributed by atoms with Gasteiger partial charge in [0.2, 0.25) is 0 Å². The van der Waals surface area contributed by atoms with E-state index < -0.39 is 17.6 Å². The first kappa shape index (κ1) is 15.8. The van der Waals surface area contributed by atoms with E-state index in [0.29, 0.717) is 5.69 Å². The van der Waals surface area contributed by atoms with E-state index in [1.165, 1.54) is 0 Å². The summed E-state index contributed by atoms with van der Waals surface area (Å²) in [5, 5.41) is 2.52. The molecule has 1 amide bonds. The Kier molecular flexibility index (Phi) is 4.30. The molecule has 1 aromatic heterocycles. The maximum Gasteiger partial charge on any atom is 0.416 e. The number of nitrogens with zero attached hydrogens (tertiary/aromatic N) is 1. The Balaban J connectivity index is 2.24. The Labute approximate surface area is 125 Å². The van der Waals surface area contributed by atoms with Gasteiger partial charge in [0.05, 0.1) is 5.56 Å². The first-order valence-electron chi connectivity index (χ1n) is 6.39. The molecule has 0 fully saturated rings. The lowest BCUT2D eigenvalue weighted by Gasteiger charge is -2.09. The Morgan fingerprint density at radius 2 is 2.00 bits per heavy atom. The molecule has 0 spiro atoms. The number of aryl methyl sites for hydroxylation is 1. The van der Waals surface area contributed by atoms with E-state index >= 15 is 0 Å². The molecule has 0 aliphatic heterocycles. The molecular formula is C16H13F3N2O. The topological polar surface area (TPSA) is 42.0 Å². The Hall–Kier alpha value is -2.63. The maximum absolute atomic E-state index is 12.6. The van der Waals surface area contributed by atoms with Crippen LogP contribution < -0.4 is 5.32 Å². The van der Waals surface area contributed by atoms with Crippen molar-refractivity contribution in [2.24, 2.45) is 0 Å². The standard InChI is InChI=1S/C16H13F3N2O/c1-3-11-8-13(5-4-10(11)2)21-15(22)14-9-12(6-7-20-14)16(17,18)19/h3-9H,1H2,2H3,(H,21,22). The van der Waals surface area contributed by atoms with Gasteiger partial charge in [-0.25, -0.2) is 0 Å². The average molecular weight is 306 g/mol. The van der Waals surface area contributed by atoms with Crippen molar-refractivity contribution in [2.45, 2.75) is 13.1 Å². The van der Waals surface area contributed by atoms with Crippen molar-refractivity contribution < 1.29 is 18.0 Å². The van der Waals surface area contributed by atoms with E-state index in [1.54, 1.807) is 24.3 Å². The highest BCUT2D eigenvalue weighted by Gasteiger charge is 2.31. The van der Waals surface area contributed by atoms with Crippen LogP contribution in [0, 0.1) is 6.92 Å². The van der Waals surface area contributed by atoms with Crippen LogP contribution in [0.2, 0.25) is 0 Å². The zero-order chi connectivity index (χ0) is 16.3. The predicted octanol–water partition coefficient (Wildman–Crippen LogP) is 4.30. The number of pyridine rings is 1. The Morgan fingerprint density at radius 1 is 1.27 bits per heavy atom. The molecule has 2 rings (SSSR count). The third-order valence-corrected chi connectivity index (χ3v) is 3.08. The molecule has 0 saturated heterocycles. The molecule has 0 aliphatic rings. The number of benzene rings is 1. The van der Waals surface area contributed by atoms with Gasteiger partial charge in [0.25, 0.3) is 5.91 Å². The van der Waals surface area contributed by atoms with Gasteiger partial charge in [-0.1, -0.05) is 18.7 Å². The second-order valence-electron chi connectivity index (χ2n) is 4.66. The van der Waals surface area contributed by atoms with Crippen molar-refractivity contribution in [1.82, 2.24) is 4.98 Å². The summed E-state index contributed by atoms with van der Waals surface area (Å²) in [6.45, 7) is 5.54. The van der Waals surface area contributed by atoms with Gasteiger partial charge in [0, 0.05) is 11.9 Å². The first-order chi connectivity index (χ1) is 10.3. The van der Waals surface area contributed by atoms with Crippen LogP contribution in [0.5, 0.6) is 0 Å². The summed E-state index contributed by atoms with van der Waals surface area (Å²) < 4.78 is 37.9. The number of rotatable bonds is 3. The zero-order valence-electron chi connectivity index (χ0n) is 11.7. The number of amides is 1. The second kappa shape index (κ2) is 6.01. The van der Waals surface area contributed by atoms with Gasteiger partial charge >= 0.3 is 6.18 Å². The van der Waals surface area contributed by atoms with Crippen LogP contribution in [0.15, 0.2) is 43.1 Å². The smallest absolute Gasteiger partial charge is 0.321 e. The molecule has 1 aromatic carbocycles. The van der Waals surface area contributed by atoms with Gasteiger partial charge in [-0.2, -0.15) is 13.2 Å². The number of alkyl halides is 3. The van der Waals surface area contributed by atoms with Crippen LogP contribution >= 0.6 is 0 Å². The molecule has 0 bridgehead atoms. The minimum absolute atomic E-state index is 0.296. The van der Waals surface area contributed by atoms with E-state index in [9.17, 15) is 18.0 Å².